The lowest BCUT2D eigenvalue weighted by Gasteiger charge is -2.29. The van der Waals surface area contributed by atoms with E-state index in [2.05, 4.69) is 52.0 Å². The number of nitrogens with zero attached hydrogens (tertiary/aromatic N) is 1. The average Bonchev–Trinajstić information content (AvgIpc) is 2.84. The third kappa shape index (κ3) is 5.31. The van der Waals surface area contributed by atoms with Crippen molar-refractivity contribution in [2.45, 2.75) is 18.8 Å². The van der Waals surface area contributed by atoms with Crippen molar-refractivity contribution in [1.29, 1.82) is 0 Å². The number of aromatic nitrogens is 1. The first-order valence-corrected chi connectivity index (χ1v) is 13.7. The van der Waals surface area contributed by atoms with Crippen molar-refractivity contribution in [2.75, 3.05) is 31.1 Å². The minimum atomic E-state index is -3.35. The number of benzene rings is 3. The maximum atomic E-state index is 12.7. The molecule has 0 amide bonds. The van der Waals surface area contributed by atoms with Gasteiger partial charge in [-0.05, 0) is 96.9 Å². The molecular weight excluding hydrogens is 458 g/mol. The number of hydrogen-bond donors (Lipinski definition) is 2. The van der Waals surface area contributed by atoms with E-state index >= 15 is 0 Å². The Labute approximate surface area is 205 Å². The number of fused-ring (bicyclic) bond motifs is 1. The number of likely N-dealkylation sites (tertiary alicyclic amines) is 1. The maximum absolute atomic E-state index is 12.7. The lowest BCUT2D eigenvalue weighted by Crippen LogP contribution is -2.29. The fourth-order valence-electron chi connectivity index (χ4n) is 4.82. The van der Waals surface area contributed by atoms with E-state index < -0.39 is 10.0 Å². The maximum Gasteiger partial charge on any atom is 0.256 e. The summed E-state index contributed by atoms with van der Waals surface area (Å²) in [5.74, 6) is 0.628. The Hall–Kier alpha value is -3.42. The Balaban J connectivity index is 1.43. The zero-order valence-corrected chi connectivity index (χ0v) is 20.7. The van der Waals surface area contributed by atoms with Crippen LogP contribution in [0.2, 0.25) is 0 Å². The number of pyridine rings is 1. The van der Waals surface area contributed by atoms with Crippen LogP contribution in [0.3, 0.4) is 0 Å². The van der Waals surface area contributed by atoms with Crippen molar-refractivity contribution in [3.05, 3.63) is 88.7 Å². The van der Waals surface area contributed by atoms with E-state index in [-0.39, 0.29) is 5.56 Å². The molecule has 0 atom stereocenters. The highest BCUT2D eigenvalue weighted by Gasteiger charge is 2.18. The minimum absolute atomic E-state index is 0.184. The summed E-state index contributed by atoms with van der Waals surface area (Å²) in [6.07, 6.45) is 3.51. The van der Waals surface area contributed by atoms with Gasteiger partial charge in [0.15, 0.2) is 0 Å². The van der Waals surface area contributed by atoms with Crippen LogP contribution in [0, 0.1) is 0 Å². The van der Waals surface area contributed by atoms with Crippen LogP contribution >= 0.6 is 0 Å². The predicted molar refractivity (Wildman–Crippen MR) is 143 cm³/mol. The highest BCUT2D eigenvalue weighted by Crippen LogP contribution is 2.31. The minimum Gasteiger partial charge on any atom is -0.321 e. The first-order valence-electron chi connectivity index (χ1n) is 11.8. The van der Waals surface area contributed by atoms with Crippen molar-refractivity contribution in [3.63, 3.8) is 0 Å². The zero-order valence-electron chi connectivity index (χ0n) is 19.9. The van der Waals surface area contributed by atoms with Gasteiger partial charge in [-0.1, -0.05) is 42.5 Å². The van der Waals surface area contributed by atoms with Crippen LogP contribution in [0.5, 0.6) is 0 Å². The third-order valence-electron chi connectivity index (χ3n) is 6.78. The van der Waals surface area contributed by atoms with Gasteiger partial charge >= 0.3 is 0 Å². The molecule has 5 rings (SSSR count). The molecule has 0 unspecified atom stereocenters. The number of piperidine rings is 1. The molecule has 1 saturated heterocycles. The lowest BCUT2D eigenvalue weighted by molar-refractivity contribution is 0.255. The Kier molecular flexibility index (Phi) is 6.21. The largest absolute Gasteiger partial charge is 0.321 e. The van der Waals surface area contributed by atoms with Crippen molar-refractivity contribution >= 4 is 26.6 Å². The van der Waals surface area contributed by atoms with Gasteiger partial charge in [-0.3, -0.25) is 9.52 Å². The van der Waals surface area contributed by atoms with Gasteiger partial charge in [-0.15, -0.1) is 0 Å². The number of hydrogen-bond acceptors (Lipinski definition) is 4. The number of H-pyrrole nitrogens is 1. The van der Waals surface area contributed by atoms with E-state index in [9.17, 15) is 13.2 Å². The zero-order chi connectivity index (χ0) is 24.6. The fourth-order valence-corrected chi connectivity index (χ4v) is 5.39. The summed E-state index contributed by atoms with van der Waals surface area (Å²) >= 11 is 0. The fraction of sp³-hybridized carbons (Fsp3) is 0.250. The second-order valence-corrected chi connectivity index (χ2v) is 11.2. The summed E-state index contributed by atoms with van der Waals surface area (Å²) in [7, 11) is -1.17. The van der Waals surface area contributed by atoms with Crippen LogP contribution < -0.4 is 10.3 Å². The topological polar surface area (TPSA) is 82.3 Å². The van der Waals surface area contributed by atoms with Crippen LogP contribution in [0.1, 0.15) is 24.3 Å². The van der Waals surface area contributed by atoms with Crippen LogP contribution in [0.15, 0.2) is 77.6 Å². The molecule has 35 heavy (non-hydrogen) atoms. The van der Waals surface area contributed by atoms with Gasteiger partial charge in [-0.25, -0.2) is 8.42 Å². The number of rotatable bonds is 5. The van der Waals surface area contributed by atoms with Crippen LogP contribution in [-0.4, -0.2) is 44.7 Å². The van der Waals surface area contributed by atoms with Crippen molar-refractivity contribution < 1.29 is 8.42 Å². The van der Waals surface area contributed by atoms with E-state index in [1.165, 1.54) is 18.4 Å². The summed E-state index contributed by atoms with van der Waals surface area (Å²) in [5.41, 5.74) is 5.96. The summed E-state index contributed by atoms with van der Waals surface area (Å²) in [6.45, 7) is 2.29. The van der Waals surface area contributed by atoms with E-state index in [0.29, 0.717) is 17.2 Å². The first kappa shape index (κ1) is 23.3. The number of anilines is 1. The summed E-state index contributed by atoms with van der Waals surface area (Å²) < 4.78 is 25.3. The van der Waals surface area contributed by atoms with Gasteiger partial charge in [0.05, 0.1) is 6.26 Å². The van der Waals surface area contributed by atoms with Gasteiger partial charge in [-0.2, -0.15) is 0 Å². The Morgan fingerprint density at radius 1 is 0.857 bits per heavy atom. The summed E-state index contributed by atoms with van der Waals surface area (Å²) in [5, 5.41) is 0.940. The molecule has 3 aromatic carbocycles. The second kappa shape index (κ2) is 9.32. The quantitative estimate of drug-likeness (QED) is 0.413. The Morgan fingerprint density at radius 3 is 2.14 bits per heavy atom. The van der Waals surface area contributed by atoms with E-state index in [1.54, 1.807) is 24.3 Å². The molecule has 2 N–H and O–H groups in total. The smallest absolute Gasteiger partial charge is 0.256 e. The van der Waals surface area contributed by atoms with Gasteiger partial charge in [0, 0.05) is 16.8 Å². The molecule has 6 nitrogen and oxygen atoms in total. The van der Waals surface area contributed by atoms with E-state index in [0.717, 1.165) is 46.9 Å². The lowest BCUT2D eigenvalue weighted by atomic mass is 9.88. The average molecular weight is 488 g/mol. The number of nitrogens with one attached hydrogen (secondary N) is 2. The third-order valence-corrected chi connectivity index (χ3v) is 7.38. The molecule has 2 heterocycles. The Morgan fingerprint density at radius 2 is 1.49 bits per heavy atom. The summed E-state index contributed by atoms with van der Waals surface area (Å²) in [4.78, 5) is 18.1. The van der Waals surface area contributed by atoms with Gasteiger partial charge < -0.3 is 9.88 Å². The molecule has 180 valence electrons. The standard InChI is InChI=1S/C28H29N3O3S/c1-31-15-13-21(14-16-31)19-3-5-20(6-4-19)23-9-12-27-24(17-23)18-26(28(32)29-27)22-7-10-25(11-8-22)30-35(2,33)34/h3-12,17-18,21,30H,13-16H2,1-2H3,(H,29,32). The van der Waals surface area contributed by atoms with Crippen molar-refractivity contribution in [2.24, 2.45) is 0 Å². The van der Waals surface area contributed by atoms with E-state index in [4.69, 9.17) is 0 Å². The first-order chi connectivity index (χ1) is 16.7. The number of aromatic amines is 1. The molecule has 1 fully saturated rings. The molecule has 0 saturated carbocycles. The highest BCUT2D eigenvalue weighted by atomic mass is 32.2. The van der Waals surface area contributed by atoms with Gasteiger partial charge in [0.25, 0.3) is 5.56 Å². The van der Waals surface area contributed by atoms with Gasteiger partial charge in [0.2, 0.25) is 10.0 Å². The van der Waals surface area contributed by atoms with Crippen LogP contribution in [0.25, 0.3) is 33.2 Å². The second-order valence-electron chi connectivity index (χ2n) is 9.47. The molecular formula is C28H29N3O3S. The highest BCUT2D eigenvalue weighted by molar-refractivity contribution is 7.92. The van der Waals surface area contributed by atoms with E-state index in [1.807, 2.05) is 18.2 Å². The summed E-state index contributed by atoms with van der Waals surface area (Å²) in [6, 6.07) is 23.6. The molecule has 1 aliphatic heterocycles. The SMILES string of the molecule is CN1CCC(c2ccc(-c3ccc4[nH]c(=O)c(-c5ccc(NS(C)(=O)=O)cc5)cc4c3)cc2)CC1. The van der Waals surface area contributed by atoms with Crippen LogP contribution in [-0.2, 0) is 10.0 Å². The molecule has 7 heteroatoms. The van der Waals surface area contributed by atoms with Crippen molar-refractivity contribution in [1.82, 2.24) is 9.88 Å². The van der Waals surface area contributed by atoms with Crippen molar-refractivity contribution in [3.8, 4) is 22.3 Å². The molecule has 0 aliphatic carbocycles. The molecule has 0 radical (unpaired) electrons. The number of sulfonamides is 1. The normalized spacial score (nSPS) is 15.4. The Bertz CT molecular complexity index is 1520. The van der Waals surface area contributed by atoms with Gasteiger partial charge in [0.1, 0.15) is 0 Å². The predicted octanol–water partition coefficient (Wildman–Crippen LogP) is 5.04. The molecule has 0 spiro atoms. The molecule has 4 aromatic rings. The molecule has 0 bridgehead atoms. The molecule has 1 aromatic heterocycles. The van der Waals surface area contributed by atoms with Crippen LogP contribution in [0.4, 0.5) is 5.69 Å². The monoisotopic (exact) mass is 487 g/mol. The molecule has 1 aliphatic rings.